The highest BCUT2D eigenvalue weighted by molar-refractivity contribution is 9.10. The molecule has 15 heavy (non-hydrogen) atoms. The third-order valence-corrected chi connectivity index (χ3v) is 2.62. The maximum atomic E-state index is 11.4. The van der Waals surface area contributed by atoms with Crippen LogP contribution in [-0.2, 0) is 4.79 Å². The van der Waals surface area contributed by atoms with Crippen molar-refractivity contribution in [1.29, 1.82) is 0 Å². The van der Waals surface area contributed by atoms with Gasteiger partial charge in [0.1, 0.15) is 5.75 Å². The molecular formula is C11H14BrNO2. The Morgan fingerprint density at radius 1 is 1.53 bits per heavy atom. The molecule has 0 aliphatic carbocycles. The molecule has 3 nitrogen and oxygen atoms in total. The fourth-order valence-corrected chi connectivity index (χ4v) is 1.51. The summed E-state index contributed by atoms with van der Waals surface area (Å²) in [4.78, 5) is 11.4. The van der Waals surface area contributed by atoms with Crippen LogP contribution in [0.3, 0.4) is 0 Å². The van der Waals surface area contributed by atoms with Crippen LogP contribution < -0.4 is 10.1 Å². The molecule has 0 radical (unpaired) electrons. The minimum atomic E-state index is 0.0199. The Balaban J connectivity index is 2.79. The first kappa shape index (κ1) is 12.0. The lowest BCUT2D eigenvalue weighted by atomic mass is 10.2. The third-order valence-electron chi connectivity index (χ3n) is 1.92. The predicted molar refractivity (Wildman–Crippen MR) is 64.2 cm³/mol. The minimum absolute atomic E-state index is 0.0199. The van der Waals surface area contributed by atoms with Crippen LogP contribution in [0, 0.1) is 0 Å². The van der Waals surface area contributed by atoms with Gasteiger partial charge in [-0.2, -0.15) is 0 Å². The van der Waals surface area contributed by atoms with Crippen molar-refractivity contribution >= 4 is 27.5 Å². The van der Waals surface area contributed by atoms with Crippen LogP contribution >= 0.6 is 15.9 Å². The van der Waals surface area contributed by atoms with E-state index in [4.69, 9.17) is 4.74 Å². The quantitative estimate of drug-likeness (QED) is 0.914. The Morgan fingerprint density at radius 3 is 2.87 bits per heavy atom. The summed E-state index contributed by atoms with van der Waals surface area (Å²) in [5.41, 5.74) is 0.743. The normalized spacial score (nSPS) is 9.80. The van der Waals surface area contributed by atoms with Gasteiger partial charge in [-0.1, -0.05) is 6.92 Å². The number of methoxy groups -OCH3 is 1. The molecule has 82 valence electrons. The number of benzene rings is 1. The predicted octanol–water partition coefficient (Wildman–Crippen LogP) is 3.20. The number of anilines is 1. The minimum Gasteiger partial charge on any atom is -0.497 e. The van der Waals surface area contributed by atoms with Crippen LogP contribution in [-0.4, -0.2) is 13.0 Å². The summed E-state index contributed by atoms with van der Waals surface area (Å²) in [5.74, 6) is 0.747. The van der Waals surface area contributed by atoms with Gasteiger partial charge in [0.25, 0.3) is 0 Å². The van der Waals surface area contributed by atoms with Crippen molar-refractivity contribution < 1.29 is 9.53 Å². The highest BCUT2D eigenvalue weighted by Gasteiger charge is 2.05. The summed E-state index contributed by atoms with van der Waals surface area (Å²) in [6.45, 7) is 1.97. The first-order valence-corrected chi connectivity index (χ1v) is 5.60. The first-order valence-electron chi connectivity index (χ1n) is 4.80. The van der Waals surface area contributed by atoms with E-state index in [1.165, 1.54) is 0 Å². The van der Waals surface area contributed by atoms with E-state index >= 15 is 0 Å². The molecule has 1 aromatic carbocycles. The van der Waals surface area contributed by atoms with E-state index in [1.54, 1.807) is 13.2 Å². The molecule has 1 amide bonds. The Bertz CT molecular complexity index is 352. The van der Waals surface area contributed by atoms with Crippen molar-refractivity contribution in [3.63, 3.8) is 0 Å². The highest BCUT2D eigenvalue weighted by atomic mass is 79.9. The van der Waals surface area contributed by atoms with Crippen LogP contribution in [0.2, 0.25) is 0 Å². The van der Waals surface area contributed by atoms with E-state index in [0.717, 1.165) is 22.3 Å². The van der Waals surface area contributed by atoms with Gasteiger partial charge in [-0.3, -0.25) is 4.79 Å². The number of ether oxygens (including phenoxy) is 1. The second kappa shape index (κ2) is 5.75. The van der Waals surface area contributed by atoms with Crippen LogP contribution in [0.1, 0.15) is 19.8 Å². The molecule has 0 heterocycles. The average molecular weight is 272 g/mol. The van der Waals surface area contributed by atoms with Gasteiger partial charge in [0.15, 0.2) is 0 Å². The lowest BCUT2D eigenvalue weighted by Crippen LogP contribution is -2.11. The molecule has 1 N–H and O–H groups in total. The zero-order valence-electron chi connectivity index (χ0n) is 8.84. The summed E-state index contributed by atoms with van der Waals surface area (Å²) < 4.78 is 5.93. The van der Waals surface area contributed by atoms with E-state index < -0.39 is 0 Å². The van der Waals surface area contributed by atoms with Crippen molar-refractivity contribution in [2.75, 3.05) is 12.4 Å². The van der Waals surface area contributed by atoms with Crippen LogP contribution in [0.4, 0.5) is 5.69 Å². The van der Waals surface area contributed by atoms with Gasteiger partial charge in [0.2, 0.25) is 5.91 Å². The number of carbonyl (C=O) groups excluding carboxylic acids is 1. The SMILES string of the molecule is CCCC(=O)Nc1cc(OC)ccc1Br. The molecule has 0 aromatic heterocycles. The maximum Gasteiger partial charge on any atom is 0.224 e. The van der Waals surface area contributed by atoms with Gasteiger partial charge in [0, 0.05) is 17.0 Å². The zero-order valence-corrected chi connectivity index (χ0v) is 10.4. The topological polar surface area (TPSA) is 38.3 Å². The number of rotatable bonds is 4. The monoisotopic (exact) mass is 271 g/mol. The lowest BCUT2D eigenvalue weighted by Gasteiger charge is -2.08. The molecule has 0 unspecified atom stereocenters. The van der Waals surface area contributed by atoms with Crippen LogP contribution in [0.5, 0.6) is 5.75 Å². The molecule has 4 heteroatoms. The lowest BCUT2D eigenvalue weighted by molar-refractivity contribution is -0.116. The molecule has 0 aliphatic heterocycles. The third kappa shape index (κ3) is 3.55. The Kier molecular flexibility index (Phi) is 4.62. The van der Waals surface area contributed by atoms with Crippen molar-refractivity contribution in [3.05, 3.63) is 22.7 Å². The highest BCUT2D eigenvalue weighted by Crippen LogP contribution is 2.27. The van der Waals surface area contributed by atoms with Gasteiger partial charge in [0.05, 0.1) is 12.8 Å². The van der Waals surface area contributed by atoms with Crippen molar-refractivity contribution in [2.45, 2.75) is 19.8 Å². The Morgan fingerprint density at radius 2 is 2.27 bits per heavy atom. The molecule has 0 saturated heterocycles. The second-order valence-electron chi connectivity index (χ2n) is 3.14. The zero-order chi connectivity index (χ0) is 11.3. The van der Waals surface area contributed by atoms with Crippen molar-refractivity contribution in [2.24, 2.45) is 0 Å². The molecule has 0 bridgehead atoms. The molecule has 0 aliphatic rings. The molecule has 0 fully saturated rings. The fourth-order valence-electron chi connectivity index (χ4n) is 1.17. The smallest absolute Gasteiger partial charge is 0.224 e. The van der Waals surface area contributed by atoms with Gasteiger partial charge in [-0.15, -0.1) is 0 Å². The fraction of sp³-hybridized carbons (Fsp3) is 0.364. The number of carbonyl (C=O) groups is 1. The standard InChI is InChI=1S/C11H14BrNO2/c1-3-4-11(14)13-10-7-8(15-2)5-6-9(10)12/h5-7H,3-4H2,1-2H3,(H,13,14). The largest absolute Gasteiger partial charge is 0.497 e. The average Bonchev–Trinajstić information content (AvgIpc) is 2.21. The summed E-state index contributed by atoms with van der Waals surface area (Å²) >= 11 is 3.37. The number of hydrogen-bond acceptors (Lipinski definition) is 2. The van der Waals surface area contributed by atoms with Gasteiger partial charge >= 0.3 is 0 Å². The van der Waals surface area contributed by atoms with E-state index in [9.17, 15) is 4.79 Å². The summed E-state index contributed by atoms with van der Waals surface area (Å²) in [7, 11) is 1.60. The van der Waals surface area contributed by atoms with E-state index in [-0.39, 0.29) is 5.91 Å². The number of amides is 1. The summed E-state index contributed by atoms with van der Waals surface area (Å²) in [6, 6.07) is 5.47. The van der Waals surface area contributed by atoms with Crippen LogP contribution in [0.25, 0.3) is 0 Å². The van der Waals surface area contributed by atoms with Crippen molar-refractivity contribution in [3.8, 4) is 5.75 Å². The van der Waals surface area contributed by atoms with Gasteiger partial charge in [-0.25, -0.2) is 0 Å². The molecule has 0 spiro atoms. The first-order chi connectivity index (χ1) is 7.17. The summed E-state index contributed by atoms with van der Waals surface area (Å²) in [5, 5.41) is 2.82. The molecule has 0 saturated carbocycles. The number of hydrogen-bond donors (Lipinski definition) is 1. The van der Waals surface area contributed by atoms with Gasteiger partial charge < -0.3 is 10.1 Å². The molecule has 1 rings (SSSR count). The maximum absolute atomic E-state index is 11.4. The molecule has 1 aromatic rings. The second-order valence-corrected chi connectivity index (χ2v) is 4.00. The van der Waals surface area contributed by atoms with E-state index in [1.807, 2.05) is 19.1 Å². The van der Waals surface area contributed by atoms with E-state index in [0.29, 0.717) is 6.42 Å². The molecular weight excluding hydrogens is 258 g/mol. The Labute approximate surface area is 97.9 Å². The molecule has 0 atom stereocenters. The van der Waals surface area contributed by atoms with Crippen molar-refractivity contribution in [1.82, 2.24) is 0 Å². The summed E-state index contributed by atoms with van der Waals surface area (Å²) in [6.07, 6.45) is 1.37. The number of nitrogens with one attached hydrogen (secondary N) is 1. The van der Waals surface area contributed by atoms with Crippen LogP contribution in [0.15, 0.2) is 22.7 Å². The van der Waals surface area contributed by atoms with E-state index in [2.05, 4.69) is 21.2 Å². The number of halogens is 1. The van der Waals surface area contributed by atoms with Gasteiger partial charge in [-0.05, 0) is 34.5 Å². The Hall–Kier alpha value is -1.03.